The Bertz CT molecular complexity index is 3290. The molecule has 0 saturated heterocycles. The molecule has 0 spiro atoms. The van der Waals surface area contributed by atoms with Gasteiger partial charge in [0.15, 0.2) is 11.3 Å². The third kappa shape index (κ3) is 14.7. The average Bonchev–Trinajstić information content (AvgIpc) is 4.10. The van der Waals surface area contributed by atoms with Crippen molar-refractivity contribution in [3.05, 3.63) is 83.9 Å². The highest BCUT2D eigenvalue weighted by Gasteiger charge is 2.25. The number of halogens is 2. The number of amides is 1. The molecule has 0 radical (unpaired) electrons. The molecular formula is C52H72F2N12O7Si2. The number of carbonyl (C=O) groups is 2. The van der Waals surface area contributed by atoms with Crippen LogP contribution < -0.4 is 11.1 Å². The molecule has 0 aliphatic rings. The smallest absolute Gasteiger partial charge is 0.339 e. The highest BCUT2D eigenvalue weighted by Crippen LogP contribution is 2.31. The fourth-order valence-corrected chi connectivity index (χ4v) is 8.82. The number of hydrogen-bond acceptors (Lipinski definition) is 13. The molecule has 0 fully saturated rings. The van der Waals surface area contributed by atoms with Crippen LogP contribution in [0.3, 0.4) is 0 Å². The van der Waals surface area contributed by atoms with Crippen LogP contribution >= 0.6 is 0 Å². The van der Waals surface area contributed by atoms with Gasteiger partial charge in [-0.05, 0) is 55.0 Å². The summed E-state index contributed by atoms with van der Waals surface area (Å²) in [6, 6.07) is 10.9. The van der Waals surface area contributed by atoms with Crippen LogP contribution in [-0.2, 0) is 37.0 Å². The first-order valence-electron chi connectivity index (χ1n) is 24.7. The number of fused-ring (bicyclic) bond motifs is 4. The fourth-order valence-electron chi connectivity index (χ4n) is 7.31. The number of ether oxygens (including phenoxy) is 2. The molecular weight excluding hydrogens is 999 g/mol. The van der Waals surface area contributed by atoms with E-state index in [1.807, 2.05) is 27.7 Å². The molecule has 0 bridgehead atoms. The molecule has 6 heterocycles. The van der Waals surface area contributed by atoms with E-state index in [0.29, 0.717) is 87.9 Å². The van der Waals surface area contributed by atoms with Crippen molar-refractivity contribution in [1.82, 2.24) is 53.9 Å². The number of nitrogens with one attached hydrogen (secondary N) is 1. The number of hydrogen-bond donors (Lipinski definition) is 5. The van der Waals surface area contributed by atoms with Crippen LogP contribution in [0.4, 0.5) is 8.78 Å². The van der Waals surface area contributed by atoms with Crippen LogP contribution in [0.5, 0.6) is 0 Å². The van der Waals surface area contributed by atoms with E-state index in [9.17, 15) is 28.6 Å². The maximum absolute atomic E-state index is 13.8. The number of aliphatic hydroxyl groups is 2. The Morgan fingerprint density at radius 3 is 1.51 bits per heavy atom. The summed E-state index contributed by atoms with van der Waals surface area (Å²) in [5.74, 6) is -2.11. The second-order valence-corrected chi connectivity index (χ2v) is 33.9. The molecule has 404 valence electrons. The van der Waals surface area contributed by atoms with Crippen LogP contribution in [0, 0.1) is 22.5 Å². The van der Waals surface area contributed by atoms with Crippen molar-refractivity contribution in [2.45, 2.75) is 92.5 Å². The molecule has 2 aromatic carbocycles. The normalized spacial score (nSPS) is 12.3. The van der Waals surface area contributed by atoms with Gasteiger partial charge in [0.05, 0.1) is 29.0 Å². The first kappa shape index (κ1) is 57.9. The Labute approximate surface area is 437 Å². The molecule has 8 rings (SSSR count). The summed E-state index contributed by atoms with van der Waals surface area (Å²) in [6.07, 6.45) is 6.37. The summed E-state index contributed by atoms with van der Waals surface area (Å²) in [5.41, 5.74) is 9.97. The van der Waals surface area contributed by atoms with E-state index in [2.05, 4.69) is 69.7 Å². The summed E-state index contributed by atoms with van der Waals surface area (Å²) in [5, 5.41) is 41.1. The zero-order valence-electron chi connectivity index (χ0n) is 45.1. The highest BCUT2D eigenvalue weighted by molar-refractivity contribution is 6.76. The first-order valence-corrected chi connectivity index (χ1v) is 32.1. The average molecular weight is 1070 g/mol. The van der Waals surface area contributed by atoms with Gasteiger partial charge in [-0.1, -0.05) is 67.0 Å². The van der Waals surface area contributed by atoms with Gasteiger partial charge < -0.3 is 45.0 Å². The maximum atomic E-state index is 13.8. The molecule has 6 aromatic heterocycles. The molecule has 0 aliphatic heterocycles. The van der Waals surface area contributed by atoms with Gasteiger partial charge >= 0.3 is 5.97 Å². The van der Waals surface area contributed by atoms with E-state index in [0.717, 1.165) is 17.5 Å². The number of carboxylic acids is 1. The minimum Gasteiger partial charge on any atom is -0.478 e. The van der Waals surface area contributed by atoms with E-state index in [-0.39, 0.29) is 60.7 Å². The maximum Gasteiger partial charge on any atom is 0.339 e. The van der Waals surface area contributed by atoms with Crippen molar-refractivity contribution < 1.29 is 43.2 Å². The fraction of sp³-hybridized carbons (Fsp3) is 0.462. The van der Waals surface area contributed by atoms with Gasteiger partial charge in [0, 0.05) is 97.2 Å². The standard InChI is InChI=1S/C26H35FN6O3Si.C21H24FN5O3Si.C5H13NO/c1-26(2,15-34)14-29-25(35)19-13-33(16-36-9-10-37(4,5)6)24-23(19)30-20(12-28-24)22-18-8-7-17(27)11-21(18)32(3)31-22;1-26-17-9-13(22)5-6-14(17)18(25-26)16-10-23-20-19(24-16)15(21(28)29)11-27(20)12-30-7-8-31(2,3)4;1-5(2,3-6)4-7/h7-8,11-13,34H,9-10,14-16H2,1-6H3,(H,29,35);5-6,9-11H,7-8,12H2,1-4H3,(H,28,29);7H,3-4,6H2,1-2H3. The molecule has 0 saturated carbocycles. The minimum atomic E-state index is -1.24. The van der Waals surface area contributed by atoms with E-state index in [4.69, 9.17) is 25.3 Å². The molecule has 0 unspecified atom stereocenters. The number of aromatic carboxylic acids is 1. The number of rotatable bonds is 19. The number of carbonyl (C=O) groups excluding carboxylic acids is 1. The number of carboxylic acid groups (broad SMARTS) is 1. The third-order valence-corrected chi connectivity index (χ3v) is 15.7. The second-order valence-electron chi connectivity index (χ2n) is 22.7. The van der Waals surface area contributed by atoms with Gasteiger partial charge in [-0.15, -0.1) is 0 Å². The Kier molecular flexibility index (Phi) is 18.3. The van der Waals surface area contributed by atoms with Crippen LogP contribution in [0.25, 0.3) is 66.9 Å². The quantitative estimate of drug-likeness (QED) is 0.0378. The predicted molar refractivity (Wildman–Crippen MR) is 293 cm³/mol. The number of nitrogens with two attached hydrogens (primary N) is 1. The zero-order valence-corrected chi connectivity index (χ0v) is 47.1. The van der Waals surface area contributed by atoms with Crippen molar-refractivity contribution in [2.75, 3.05) is 39.5 Å². The van der Waals surface area contributed by atoms with E-state index in [1.165, 1.54) is 30.5 Å². The van der Waals surface area contributed by atoms with Gasteiger partial charge in [0.25, 0.3) is 5.91 Å². The topological polar surface area (TPSA) is 248 Å². The number of benzene rings is 2. The van der Waals surface area contributed by atoms with Gasteiger partial charge in [0.1, 0.15) is 64.5 Å². The molecule has 0 aliphatic carbocycles. The second kappa shape index (κ2) is 23.7. The third-order valence-electron chi connectivity index (χ3n) is 12.3. The molecule has 6 N–H and O–H groups in total. The van der Waals surface area contributed by atoms with Crippen molar-refractivity contribution in [2.24, 2.45) is 30.7 Å². The highest BCUT2D eigenvalue weighted by atomic mass is 28.3. The van der Waals surface area contributed by atoms with Crippen LogP contribution in [0.2, 0.25) is 51.4 Å². The van der Waals surface area contributed by atoms with Crippen LogP contribution in [0.1, 0.15) is 48.4 Å². The van der Waals surface area contributed by atoms with Gasteiger partial charge in [-0.2, -0.15) is 10.2 Å². The molecule has 23 heteroatoms. The molecule has 1 amide bonds. The summed E-state index contributed by atoms with van der Waals surface area (Å²) in [4.78, 5) is 43.5. The lowest BCUT2D eigenvalue weighted by Crippen LogP contribution is -2.36. The molecule has 75 heavy (non-hydrogen) atoms. The number of aryl methyl sites for hydroxylation is 2. The van der Waals surface area contributed by atoms with Crippen molar-refractivity contribution in [3.8, 4) is 22.8 Å². The lowest BCUT2D eigenvalue weighted by Gasteiger charge is -2.21. The summed E-state index contributed by atoms with van der Waals surface area (Å²) in [7, 11) is 0.998. The molecule has 19 nitrogen and oxygen atoms in total. The van der Waals surface area contributed by atoms with Crippen LogP contribution in [0.15, 0.2) is 61.2 Å². The summed E-state index contributed by atoms with van der Waals surface area (Å²) in [6.45, 7) is 23.9. The van der Waals surface area contributed by atoms with Gasteiger partial charge in [-0.3, -0.25) is 14.2 Å². The minimum absolute atomic E-state index is 0.0458. The Balaban J connectivity index is 0.000000219. The van der Waals surface area contributed by atoms with E-state index in [1.54, 1.807) is 63.3 Å². The lowest BCUT2D eigenvalue weighted by atomic mass is 9.95. The van der Waals surface area contributed by atoms with Crippen LogP contribution in [-0.4, -0.2) is 131 Å². The Hall–Kier alpha value is -6.35. The number of aliphatic hydroxyl groups excluding tert-OH is 2. The largest absolute Gasteiger partial charge is 0.478 e. The van der Waals surface area contributed by atoms with Gasteiger partial charge in [-0.25, -0.2) is 33.5 Å². The summed E-state index contributed by atoms with van der Waals surface area (Å²) >= 11 is 0. The Morgan fingerprint density at radius 1 is 0.693 bits per heavy atom. The van der Waals surface area contributed by atoms with E-state index >= 15 is 0 Å². The molecule has 0 atom stereocenters. The SMILES string of the molecule is CC(C)(CN)CO.Cn1nc(-c2cnc3c(n2)c(C(=O)NCC(C)(C)CO)cn3COCC[Si](C)(C)C)c2ccc(F)cc21.Cn1nc(-c2cnc3c(n2)c(C(=O)O)cn3COCC[Si](C)(C)C)c2ccc(F)cc21. The first-order chi connectivity index (χ1) is 35.1. The monoisotopic (exact) mass is 1070 g/mol. The zero-order chi connectivity index (χ0) is 55.2. The number of nitrogens with zero attached hydrogens (tertiary/aromatic N) is 10. The predicted octanol–water partition coefficient (Wildman–Crippen LogP) is 8.28. The lowest BCUT2D eigenvalue weighted by molar-refractivity contribution is 0.0695. The number of aromatic nitrogens is 10. The van der Waals surface area contributed by atoms with Gasteiger partial charge in [0.2, 0.25) is 0 Å². The Morgan fingerprint density at radius 2 is 1.12 bits per heavy atom. The molecule has 8 aromatic rings. The van der Waals surface area contributed by atoms with Crippen molar-refractivity contribution >= 4 is 72.2 Å². The van der Waals surface area contributed by atoms with E-state index < -0.39 is 27.5 Å². The van der Waals surface area contributed by atoms with Crippen molar-refractivity contribution in [3.63, 3.8) is 0 Å². The van der Waals surface area contributed by atoms with Crippen molar-refractivity contribution in [1.29, 1.82) is 0 Å². The summed E-state index contributed by atoms with van der Waals surface area (Å²) < 4.78 is 45.7.